The van der Waals surface area contributed by atoms with Crippen molar-refractivity contribution < 1.29 is 0 Å². The van der Waals surface area contributed by atoms with Gasteiger partial charge in [0.25, 0.3) is 0 Å². The highest BCUT2D eigenvalue weighted by molar-refractivity contribution is 5.98. The lowest BCUT2D eigenvalue weighted by molar-refractivity contribution is 0.233. The van der Waals surface area contributed by atoms with Crippen molar-refractivity contribution in [1.82, 2.24) is 4.98 Å². The Balaban J connectivity index is 1.79. The van der Waals surface area contributed by atoms with E-state index in [1.165, 1.54) is 32.1 Å². The van der Waals surface area contributed by atoms with Crippen LogP contribution in [-0.4, -0.2) is 11.5 Å². The molecule has 1 aliphatic carbocycles. The van der Waals surface area contributed by atoms with Gasteiger partial charge in [0, 0.05) is 29.7 Å². The highest BCUT2D eigenvalue weighted by Gasteiger charge is 2.26. The summed E-state index contributed by atoms with van der Waals surface area (Å²) in [5.74, 6) is 0. The second-order valence-corrected chi connectivity index (χ2v) is 6.35. The summed E-state index contributed by atoms with van der Waals surface area (Å²) in [6.45, 7) is 3.40. The molecule has 1 aromatic carbocycles. The van der Waals surface area contributed by atoms with Gasteiger partial charge in [-0.15, -0.1) is 0 Å². The summed E-state index contributed by atoms with van der Waals surface area (Å²) in [6, 6.07) is 6.15. The molecule has 0 saturated heterocycles. The maximum atomic E-state index is 6.29. The summed E-state index contributed by atoms with van der Waals surface area (Å²) >= 11 is 0. The topological polar surface area (TPSA) is 50.9 Å². The molecular weight excluding hydrogens is 246 g/mol. The highest BCUT2D eigenvalue weighted by Crippen LogP contribution is 2.37. The number of nitrogen functional groups attached to an aromatic ring is 1. The number of benzene rings is 1. The second kappa shape index (κ2) is 5.31. The van der Waals surface area contributed by atoms with Gasteiger partial charge in [-0.3, -0.25) is 4.98 Å². The Kier molecular flexibility index (Phi) is 3.51. The van der Waals surface area contributed by atoms with Gasteiger partial charge < -0.3 is 11.1 Å². The van der Waals surface area contributed by atoms with Gasteiger partial charge in [-0.2, -0.15) is 0 Å². The molecule has 0 unspecified atom stereocenters. The fourth-order valence-corrected chi connectivity index (χ4v) is 3.24. The average Bonchev–Trinajstić information content (AvgIpc) is 2.48. The number of rotatable bonds is 3. The van der Waals surface area contributed by atoms with Crippen molar-refractivity contribution in [3.8, 4) is 0 Å². The third-order valence-corrected chi connectivity index (χ3v) is 4.63. The molecule has 2 aromatic rings. The van der Waals surface area contributed by atoms with Crippen LogP contribution < -0.4 is 11.1 Å². The van der Waals surface area contributed by atoms with Crippen molar-refractivity contribution in [2.75, 3.05) is 17.6 Å². The lowest BCUT2D eigenvalue weighted by Crippen LogP contribution is -2.29. The van der Waals surface area contributed by atoms with Crippen LogP contribution in [0.25, 0.3) is 10.8 Å². The molecule has 1 aromatic heterocycles. The Bertz CT molecular complexity index is 600. The first-order valence-corrected chi connectivity index (χ1v) is 7.54. The Morgan fingerprint density at radius 2 is 2.00 bits per heavy atom. The number of anilines is 2. The molecular formula is C17H23N3. The van der Waals surface area contributed by atoms with Crippen LogP contribution in [0.1, 0.15) is 39.0 Å². The fraction of sp³-hybridized carbons (Fsp3) is 0.471. The molecule has 106 valence electrons. The smallest absolute Gasteiger partial charge is 0.0630 e. The third kappa shape index (κ3) is 2.58. The van der Waals surface area contributed by atoms with E-state index in [0.29, 0.717) is 5.41 Å². The van der Waals surface area contributed by atoms with Gasteiger partial charge in [0.15, 0.2) is 0 Å². The van der Waals surface area contributed by atoms with Gasteiger partial charge in [0.1, 0.15) is 0 Å². The summed E-state index contributed by atoms with van der Waals surface area (Å²) in [6.07, 6.45) is 10.4. The lowest BCUT2D eigenvalue weighted by Gasteiger charge is -2.34. The maximum absolute atomic E-state index is 6.29. The van der Waals surface area contributed by atoms with E-state index in [1.807, 2.05) is 12.3 Å². The molecule has 0 radical (unpaired) electrons. The number of fused-ring (bicyclic) bond motifs is 1. The van der Waals surface area contributed by atoms with Gasteiger partial charge >= 0.3 is 0 Å². The van der Waals surface area contributed by atoms with E-state index in [1.54, 1.807) is 6.20 Å². The SMILES string of the molecule is CC1(CNc2ccc3cnccc3c2N)CCCCC1. The first-order valence-electron chi connectivity index (χ1n) is 7.54. The van der Waals surface area contributed by atoms with Crippen molar-refractivity contribution in [2.45, 2.75) is 39.0 Å². The van der Waals surface area contributed by atoms with Gasteiger partial charge in [-0.25, -0.2) is 0 Å². The number of hydrogen-bond acceptors (Lipinski definition) is 3. The van der Waals surface area contributed by atoms with Crippen molar-refractivity contribution in [3.05, 3.63) is 30.6 Å². The molecule has 1 saturated carbocycles. The molecule has 3 heteroatoms. The summed E-state index contributed by atoms with van der Waals surface area (Å²) < 4.78 is 0. The van der Waals surface area contributed by atoms with Crippen molar-refractivity contribution >= 4 is 22.1 Å². The molecule has 0 aliphatic heterocycles. The van der Waals surface area contributed by atoms with Crippen LogP contribution >= 0.6 is 0 Å². The highest BCUT2D eigenvalue weighted by atomic mass is 14.9. The van der Waals surface area contributed by atoms with Crippen LogP contribution in [0, 0.1) is 5.41 Å². The predicted octanol–water partition coefficient (Wildman–Crippen LogP) is 4.20. The number of nitrogens with two attached hydrogens (primary N) is 1. The zero-order valence-corrected chi connectivity index (χ0v) is 12.2. The van der Waals surface area contributed by atoms with E-state index in [2.05, 4.69) is 29.4 Å². The molecule has 1 fully saturated rings. The number of hydrogen-bond donors (Lipinski definition) is 2. The molecule has 0 amide bonds. The zero-order valence-electron chi connectivity index (χ0n) is 12.2. The first kappa shape index (κ1) is 13.2. The van der Waals surface area contributed by atoms with Crippen LogP contribution in [0.4, 0.5) is 11.4 Å². The van der Waals surface area contributed by atoms with E-state index in [0.717, 1.165) is 28.7 Å². The van der Waals surface area contributed by atoms with E-state index in [-0.39, 0.29) is 0 Å². The van der Waals surface area contributed by atoms with Crippen LogP contribution in [0.3, 0.4) is 0 Å². The van der Waals surface area contributed by atoms with E-state index in [9.17, 15) is 0 Å². The summed E-state index contributed by atoms with van der Waals surface area (Å²) in [5, 5.41) is 5.75. The standard InChI is InChI=1S/C17H23N3/c1-17(8-3-2-4-9-17)12-20-15-6-5-13-11-19-10-7-14(13)16(15)18/h5-7,10-11,20H,2-4,8-9,12,18H2,1H3. The minimum Gasteiger partial charge on any atom is -0.397 e. The summed E-state index contributed by atoms with van der Waals surface area (Å²) in [7, 11) is 0. The predicted molar refractivity (Wildman–Crippen MR) is 85.8 cm³/mol. The van der Waals surface area contributed by atoms with Crippen molar-refractivity contribution in [1.29, 1.82) is 0 Å². The van der Waals surface area contributed by atoms with Gasteiger partial charge in [0.05, 0.1) is 11.4 Å². The molecule has 1 heterocycles. The average molecular weight is 269 g/mol. The van der Waals surface area contributed by atoms with E-state index >= 15 is 0 Å². The number of nitrogens with zero attached hydrogens (tertiary/aromatic N) is 1. The van der Waals surface area contributed by atoms with Gasteiger partial charge in [-0.1, -0.05) is 32.3 Å². The van der Waals surface area contributed by atoms with Gasteiger partial charge in [-0.05, 0) is 30.4 Å². The minimum atomic E-state index is 0.415. The quantitative estimate of drug-likeness (QED) is 0.821. The Hall–Kier alpha value is -1.77. The van der Waals surface area contributed by atoms with Crippen LogP contribution in [0.2, 0.25) is 0 Å². The van der Waals surface area contributed by atoms with Crippen LogP contribution in [0.5, 0.6) is 0 Å². The van der Waals surface area contributed by atoms with Crippen LogP contribution in [0.15, 0.2) is 30.6 Å². The zero-order chi connectivity index (χ0) is 14.0. The largest absolute Gasteiger partial charge is 0.397 e. The second-order valence-electron chi connectivity index (χ2n) is 6.35. The number of aromatic nitrogens is 1. The summed E-state index contributed by atoms with van der Waals surface area (Å²) in [4.78, 5) is 4.14. The first-order chi connectivity index (χ1) is 9.68. The van der Waals surface area contributed by atoms with E-state index in [4.69, 9.17) is 5.73 Å². The monoisotopic (exact) mass is 269 g/mol. The minimum absolute atomic E-state index is 0.415. The Morgan fingerprint density at radius 3 is 2.80 bits per heavy atom. The maximum Gasteiger partial charge on any atom is 0.0630 e. The number of nitrogens with one attached hydrogen (secondary N) is 1. The van der Waals surface area contributed by atoms with Crippen LogP contribution in [-0.2, 0) is 0 Å². The Labute approximate surface area is 120 Å². The molecule has 0 bridgehead atoms. The molecule has 3 nitrogen and oxygen atoms in total. The molecule has 3 N–H and O–H groups in total. The lowest BCUT2D eigenvalue weighted by atomic mass is 9.75. The summed E-state index contributed by atoms with van der Waals surface area (Å²) in [5.41, 5.74) is 8.59. The molecule has 0 spiro atoms. The third-order valence-electron chi connectivity index (χ3n) is 4.63. The van der Waals surface area contributed by atoms with Gasteiger partial charge in [0.2, 0.25) is 0 Å². The molecule has 20 heavy (non-hydrogen) atoms. The molecule has 1 aliphatic rings. The molecule has 0 atom stereocenters. The van der Waals surface area contributed by atoms with E-state index < -0.39 is 0 Å². The number of pyridine rings is 1. The fourth-order valence-electron chi connectivity index (χ4n) is 3.24. The molecule has 3 rings (SSSR count). The van der Waals surface area contributed by atoms with Crippen molar-refractivity contribution in [3.63, 3.8) is 0 Å². The van der Waals surface area contributed by atoms with Crippen molar-refractivity contribution in [2.24, 2.45) is 5.41 Å². The Morgan fingerprint density at radius 1 is 1.20 bits per heavy atom. The normalized spacial score (nSPS) is 18.1.